The topological polar surface area (TPSA) is 139 Å². The minimum absolute atomic E-state index is 0.0927. The molecule has 226 valence electrons. The molecule has 0 radical (unpaired) electrons. The molecule has 5 rings (SSSR count). The van der Waals surface area contributed by atoms with E-state index in [2.05, 4.69) is 40.4 Å². The molecule has 0 spiro atoms. The van der Waals surface area contributed by atoms with Gasteiger partial charge in [-0.05, 0) is 63.3 Å². The van der Waals surface area contributed by atoms with Crippen LogP contribution in [0.2, 0.25) is 19.6 Å². The molecule has 1 unspecified atom stereocenters. The van der Waals surface area contributed by atoms with Crippen LogP contribution >= 0.6 is 11.3 Å². The maximum Gasteiger partial charge on any atom is 0.251 e. The van der Waals surface area contributed by atoms with Gasteiger partial charge in [0.15, 0.2) is 19.1 Å². The molecule has 11 nitrogen and oxygen atoms in total. The molecule has 0 saturated carbocycles. The van der Waals surface area contributed by atoms with Crippen molar-refractivity contribution in [2.75, 3.05) is 36.5 Å². The molecule has 2 aliphatic rings. The third-order valence-electron chi connectivity index (χ3n) is 6.93. The van der Waals surface area contributed by atoms with Gasteiger partial charge in [-0.25, -0.2) is 9.97 Å². The number of anilines is 2. The quantitative estimate of drug-likeness (QED) is 0.353. The summed E-state index contributed by atoms with van der Waals surface area (Å²) in [5.41, 5.74) is 1.85. The Morgan fingerprint density at radius 3 is 2.65 bits per heavy atom. The summed E-state index contributed by atoms with van der Waals surface area (Å²) in [6.07, 6.45) is 0.237. The smallest absolute Gasteiger partial charge is 0.251 e. The number of amides is 2. The van der Waals surface area contributed by atoms with Gasteiger partial charge in [0.1, 0.15) is 17.6 Å². The van der Waals surface area contributed by atoms with Crippen LogP contribution in [-0.4, -0.2) is 68.5 Å². The molecule has 3 atom stereocenters. The summed E-state index contributed by atoms with van der Waals surface area (Å²) in [5.74, 6) is 0.0125. The summed E-state index contributed by atoms with van der Waals surface area (Å²) in [4.78, 5) is 37.2. The highest BCUT2D eigenvalue weighted by molar-refractivity contribution is 7.14. The number of morpholine rings is 1. The number of nitriles is 1. The minimum atomic E-state index is -2.13. The van der Waals surface area contributed by atoms with Crippen molar-refractivity contribution in [1.82, 2.24) is 15.3 Å². The molecule has 2 aliphatic heterocycles. The molecule has 3 aromatic rings. The standard InChI is InChI=1S/C30H36N6O5SSi/c1-19-13-36(14-20(2)40-19)26-8-6-7-24(33-26)25-16-42-29(34-25)35-27(37)12-32-28(38)21-9-10-22-15-39-18-30(17-31,23(22)11-21)41-43(3,4)5/h6-11,16,19-20H,12-15,18H2,1-5H3,(H,32,38)(H,34,35,37)/t19-,20+,30?. The fraction of sp³-hybridized carbons (Fsp3) is 0.433. The number of ether oxygens (including phenoxy) is 2. The van der Waals surface area contributed by atoms with Crippen LogP contribution in [0.5, 0.6) is 0 Å². The average molecular weight is 621 g/mol. The van der Waals surface area contributed by atoms with Crippen LogP contribution < -0.4 is 15.5 Å². The first-order valence-electron chi connectivity index (χ1n) is 14.2. The number of benzene rings is 1. The van der Waals surface area contributed by atoms with Gasteiger partial charge in [-0.15, -0.1) is 11.3 Å². The zero-order valence-corrected chi connectivity index (χ0v) is 26.8. The third-order valence-corrected chi connectivity index (χ3v) is 8.65. The Morgan fingerprint density at radius 2 is 1.93 bits per heavy atom. The summed E-state index contributed by atoms with van der Waals surface area (Å²) in [6, 6.07) is 13.2. The first-order valence-corrected chi connectivity index (χ1v) is 18.5. The number of pyridine rings is 1. The highest BCUT2D eigenvalue weighted by Crippen LogP contribution is 2.36. The van der Waals surface area contributed by atoms with Gasteiger partial charge in [0.25, 0.3) is 5.91 Å². The van der Waals surface area contributed by atoms with Crippen molar-refractivity contribution in [3.8, 4) is 17.5 Å². The van der Waals surface area contributed by atoms with Crippen LogP contribution in [0.3, 0.4) is 0 Å². The number of nitrogens with one attached hydrogen (secondary N) is 2. The number of aromatic nitrogens is 2. The van der Waals surface area contributed by atoms with Crippen molar-refractivity contribution < 1.29 is 23.5 Å². The molecule has 1 fully saturated rings. The van der Waals surface area contributed by atoms with E-state index in [-0.39, 0.29) is 25.4 Å². The number of thiazole rings is 1. The molecule has 2 amide bonds. The van der Waals surface area contributed by atoms with Gasteiger partial charge in [0.05, 0.1) is 37.7 Å². The lowest BCUT2D eigenvalue weighted by molar-refractivity contribution is -0.115. The average Bonchev–Trinajstić information content (AvgIpc) is 3.43. The molecule has 0 bridgehead atoms. The second kappa shape index (κ2) is 12.5. The Labute approximate surface area is 256 Å². The number of carbonyl (C=O) groups excluding carboxylic acids is 2. The number of hydrogen-bond donors (Lipinski definition) is 2. The Kier molecular flexibility index (Phi) is 8.96. The monoisotopic (exact) mass is 620 g/mol. The lowest BCUT2D eigenvalue weighted by Gasteiger charge is -2.38. The zero-order valence-electron chi connectivity index (χ0n) is 25.0. The van der Waals surface area contributed by atoms with E-state index in [1.54, 1.807) is 18.2 Å². The van der Waals surface area contributed by atoms with Crippen LogP contribution in [0.15, 0.2) is 41.8 Å². The van der Waals surface area contributed by atoms with Crippen molar-refractivity contribution in [1.29, 1.82) is 5.26 Å². The van der Waals surface area contributed by atoms with Crippen LogP contribution in [0, 0.1) is 11.3 Å². The summed E-state index contributed by atoms with van der Waals surface area (Å²) in [6.45, 7) is 11.8. The van der Waals surface area contributed by atoms with Crippen molar-refractivity contribution in [3.63, 3.8) is 0 Å². The molecular weight excluding hydrogens is 585 g/mol. The lowest BCUT2D eigenvalue weighted by Crippen LogP contribution is -2.45. The van der Waals surface area contributed by atoms with E-state index in [0.717, 1.165) is 24.5 Å². The highest BCUT2D eigenvalue weighted by atomic mass is 32.1. The van der Waals surface area contributed by atoms with Crippen LogP contribution in [0.25, 0.3) is 11.4 Å². The van der Waals surface area contributed by atoms with Gasteiger partial charge >= 0.3 is 0 Å². The van der Waals surface area contributed by atoms with Crippen LogP contribution in [0.1, 0.15) is 35.3 Å². The number of hydrogen-bond acceptors (Lipinski definition) is 10. The summed E-state index contributed by atoms with van der Waals surface area (Å²) in [7, 11) is -2.13. The van der Waals surface area contributed by atoms with Crippen LogP contribution in [-0.2, 0) is 30.9 Å². The fourth-order valence-corrected chi connectivity index (χ4v) is 7.29. The number of fused-ring (bicyclic) bond motifs is 1. The molecule has 2 aromatic heterocycles. The van der Waals surface area contributed by atoms with Gasteiger partial charge < -0.3 is 29.4 Å². The Bertz CT molecular complexity index is 1540. The van der Waals surface area contributed by atoms with Gasteiger partial charge in [-0.3, -0.25) is 9.59 Å². The van der Waals surface area contributed by atoms with Crippen molar-refractivity contribution >= 4 is 42.4 Å². The van der Waals surface area contributed by atoms with Gasteiger partial charge in [-0.1, -0.05) is 12.1 Å². The SMILES string of the molecule is C[C@@H]1CN(c2cccc(-c3csc(NC(=O)CNC(=O)c4ccc5c(c4)C(C#N)(O[Si](C)(C)C)COC5)n3)n2)C[C@H](C)O1. The zero-order chi connectivity index (χ0) is 30.8. The fourth-order valence-electron chi connectivity index (χ4n) is 5.31. The summed E-state index contributed by atoms with van der Waals surface area (Å²) >= 11 is 1.29. The molecular formula is C30H36N6O5SSi. The van der Waals surface area contributed by atoms with E-state index in [0.29, 0.717) is 34.3 Å². The van der Waals surface area contributed by atoms with Crippen LogP contribution in [0.4, 0.5) is 10.9 Å². The van der Waals surface area contributed by atoms with E-state index in [1.165, 1.54) is 11.3 Å². The molecule has 43 heavy (non-hydrogen) atoms. The predicted molar refractivity (Wildman–Crippen MR) is 166 cm³/mol. The molecule has 4 heterocycles. The van der Waals surface area contributed by atoms with E-state index >= 15 is 0 Å². The van der Waals surface area contributed by atoms with Crippen molar-refractivity contribution in [2.45, 2.75) is 57.9 Å². The molecule has 13 heteroatoms. The Hall–Kier alpha value is -3.67. The minimum Gasteiger partial charge on any atom is -0.395 e. The molecule has 2 N–H and O–H groups in total. The number of rotatable bonds is 8. The first-order chi connectivity index (χ1) is 20.4. The maximum absolute atomic E-state index is 13.0. The maximum atomic E-state index is 13.0. The summed E-state index contributed by atoms with van der Waals surface area (Å²) < 4.78 is 17.8. The van der Waals surface area contributed by atoms with Crippen molar-refractivity contribution in [3.05, 3.63) is 58.5 Å². The van der Waals surface area contributed by atoms with E-state index < -0.39 is 25.7 Å². The number of carbonyl (C=O) groups is 2. The molecule has 0 aliphatic carbocycles. The van der Waals surface area contributed by atoms with E-state index in [1.807, 2.05) is 43.2 Å². The van der Waals surface area contributed by atoms with Gasteiger partial charge in [0.2, 0.25) is 5.91 Å². The summed E-state index contributed by atoms with van der Waals surface area (Å²) in [5, 5.41) is 17.7. The lowest BCUT2D eigenvalue weighted by atomic mass is 9.88. The number of nitrogens with zero attached hydrogens (tertiary/aromatic N) is 4. The second-order valence-electron chi connectivity index (χ2n) is 11.8. The van der Waals surface area contributed by atoms with E-state index in [9.17, 15) is 14.9 Å². The first kappa shape index (κ1) is 30.8. The van der Waals surface area contributed by atoms with Gasteiger partial charge in [-0.2, -0.15) is 5.26 Å². The molecule has 1 saturated heterocycles. The van der Waals surface area contributed by atoms with Gasteiger partial charge in [0, 0.05) is 29.6 Å². The Balaban J connectivity index is 1.21. The third kappa shape index (κ3) is 7.28. The Morgan fingerprint density at radius 1 is 1.16 bits per heavy atom. The van der Waals surface area contributed by atoms with Crippen molar-refractivity contribution in [2.24, 2.45) is 0 Å². The predicted octanol–water partition coefficient (Wildman–Crippen LogP) is 4.29. The highest BCUT2D eigenvalue weighted by Gasteiger charge is 2.43. The largest absolute Gasteiger partial charge is 0.395 e. The second-order valence-corrected chi connectivity index (χ2v) is 17.1. The molecule has 1 aromatic carbocycles. The van der Waals surface area contributed by atoms with E-state index in [4.69, 9.17) is 18.9 Å². The normalized spacial score (nSPS) is 21.9.